The highest BCUT2D eigenvalue weighted by Crippen LogP contribution is 2.31. The minimum absolute atomic E-state index is 0.0340. The fourth-order valence-electron chi connectivity index (χ4n) is 3.21. The highest BCUT2D eigenvalue weighted by atomic mass is 32.2. The Morgan fingerprint density at radius 3 is 2.61 bits per heavy atom. The van der Waals surface area contributed by atoms with Crippen molar-refractivity contribution < 1.29 is 21.6 Å². The molecule has 31 heavy (non-hydrogen) atoms. The maximum atomic E-state index is 13.0. The number of sulfonamides is 1. The van der Waals surface area contributed by atoms with E-state index in [0.717, 1.165) is 40.3 Å². The van der Waals surface area contributed by atoms with Crippen LogP contribution in [0.5, 0.6) is 0 Å². The maximum Gasteiger partial charge on any atom is 0.433 e. The van der Waals surface area contributed by atoms with Gasteiger partial charge in [0, 0.05) is 18.6 Å². The first-order valence-electron chi connectivity index (χ1n) is 9.15. The molecule has 0 aliphatic carbocycles. The van der Waals surface area contributed by atoms with Crippen molar-refractivity contribution >= 4 is 26.6 Å². The fraction of sp³-hybridized carbons (Fsp3) is 0.211. The average Bonchev–Trinajstić information content (AvgIpc) is 3.36. The van der Waals surface area contributed by atoms with E-state index in [4.69, 9.17) is 0 Å². The Bertz CT molecular complexity index is 1380. The number of hydrogen-bond donors (Lipinski definition) is 1. The van der Waals surface area contributed by atoms with E-state index in [1.54, 1.807) is 17.9 Å². The van der Waals surface area contributed by atoms with Crippen molar-refractivity contribution in [3.8, 4) is 5.69 Å². The van der Waals surface area contributed by atoms with E-state index in [9.17, 15) is 21.6 Å². The molecule has 0 fully saturated rings. The second-order valence-corrected chi connectivity index (χ2v) is 8.46. The quantitative estimate of drug-likeness (QED) is 0.502. The summed E-state index contributed by atoms with van der Waals surface area (Å²) in [5.41, 5.74) is 0.733. The van der Waals surface area contributed by atoms with Gasteiger partial charge in [-0.15, -0.1) is 0 Å². The Labute approximate surface area is 175 Å². The van der Waals surface area contributed by atoms with Crippen LogP contribution in [0.2, 0.25) is 0 Å². The van der Waals surface area contributed by atoms with Crippen LogP contribution in [-0.4, -0.2) is 33.0 Å². The summed E-state index contributed by atoms with van der Waals surface area (Å²) in [6.45, 7) is 1.90. The number of aromatic nitrogens is 5. The summed E-state index contributed by atoms with van der Waals surface area (Å²) in [6.07, 6.45) is 0.792. The summed E-state index contributed by atoms with van der Waals surface area (Å²) in [4.78, 5) is 3.10. The molecule has 8 nitrogen and oxygen atoms in total. The molecular weight excluding hydrogens is 433 g/mol. The number of aryl methyl sites for hydroxylation is 2. The van der Waals surface area contributed by atoms with Crippen LogP contribution in [0.4, 0.5) is 18.9 Å². The second-order valence-electron chi connectivity index (χ2n) is 6.78. The van der Waals surface area contributed by atoms with Crippen molar-refractivity contribution in [1.82, 2.24) is 24.5 Å². The van der Waals surface area contributed by atoms with Crippen molar-refractivity contribution in [1.29, 1.82) is 0 Å². The molecule has 0 spiro atoms. The van der Waals surface area contributed by atoms with Crippen LogP contribution in [-0.2, 0) is 29.7 Å². The van der Waals surface area contributed by atoms with Gasteiger partial charge in [0.25, 0.3) is 10.0 Å². The lowest BCUT2D eigenvalue weighted by Crippen LogP contribution is -2.15. The molecule has 3 aromatic heterocycles. The number of pyridine rings is 1. The zero-order chi connectivity index (χ0) is 22.4. The summed E-state index contributed by atoms with van der Waals surface area (Å²) in [7, 11) is -2.36. The molecule has 0 amide bonds. The first-order valence-corrected chi connectivity index (χ1v) is 10.6. The van der Waals surface area contributed by atoms with Crippen LogP contribution in [0.15, 0.2) is 53.9 Å². The molecule has 0 saturated heterocycles. The lowest BCUT2D eigenvalue weighted by Gasteiger charge is -2.13. The fourth-order valence-corrected chi connectivity index (χ4v) is 4.25. The van der Waals surface area contributed by atoms with Crippen molar-refractivity contribution in [2.75, 3.05) is 4.72 Å². The van der Waals surface area contributed by atoms with Crippen LogP contribution in [0.3, 0.4) is 0 Å². The number of nitrogens with one attached hydrogen (secondary N) is 1. The number of nitrogens with zero attached hydrogens (tertiary/aromatic N) is 5. The molecule has 162 valence electrons. The minimum atomic E-state index is -4.63. The van der Waals surface area contributed by atoms with Crippen LogP contribution >= 0.6 is 0 Å². The molecule has 0 saturated carbocycles. The lowest BCUT2D eigenvalue weighted by atomic mass is 10.1. The lowest BCUT2D eigenvalue weighted by molar-refractivity contribution is -0.141. The molecule has 4 rings (SSSR count). The van der Waals surface area contributed by atoms with E-state index in [-0.39, 0.29) is 10.6 Å². The Balaban J connectivity index is 1.72. The molecule has 1 aromatic carbocycles. The summed E-state index contributed by atoms with van der Waals surface area (Å²) < 4.78 is 70.0. The molecule has 0 bridgehead atoms. The molecular formula is C19H17F3N6O2S. The van der Waals surface area contributed by atoms with E-state index in [0.29, 0.717) is 17.6 Å². The van der Waals surface area contributed by atoms with Gasteiger partial charge in [0.15, 0.2) is 0 Å². The number of hydrogen-bond acceptors (Lipinski definition) is 5. The zero-order valence-electron chi connectivity index (χ0n) is 16.4. The molecule has 12 heteroatoms. The van der Waals surface area contributed by atoms with Crippen LogP contribution in [0.1, 0.15) is 18.2 Å². The second kappa shape index (κ2) is 7.38. The first-order chi connectivity index (χ1) is 14.6. The minimum Gasteiger partial charge on any atom is -0.277 e. The van der Waals surface area contributed by atoms with Crippen LogP contribution in [0, 0.1) is 0 Å². The highest BCUT2D eigenvalue weighted by Gasteiger charge is 2.32. The van der Waals surface area contributed by atoms with Crippen molar-refractivity contribution in [3.05, 3.63) is 60.3 Å². The number of halogens is 3. The Morgan fingerprint density at radius 2 is 1.90 bits per heavy atom. The number of fused-ring (bicyclic) bond motifs is 1. The molecule has 0 aliphatic rings. The van der Waals surface area contributed by atoms with E-state index in [1.165, 1.54) is 6.07 Å². The highest BCUT2D eigenvalue weighted by molar-refractivity contribution is 7.92. The van der Waals surface area contributed by atoms with Crippen LogP contribution in [0.25, 0.3) is 16.6 Å². The first kappa shape index (κ1) is 20.8. The largest absolute Gasteiger partial charge is 0.433 e. The molecule has 0 aliphatic heterocycles. The van der Waals surface area contributed by atoms with Gasteiger partial charge in [-0.2, -0.15) is 23.4 Å². The van der Waals surface area contributed by atoms with Gasteiger partial charge in [0.2, 0.25) is 0 Å². The number of benzene rings is 1. The van der Waals surface area contributed by atoms with E-state index < -0.39 is 21.9 Å². The third-order valence-electron chi connectivity index (χ3n) is 4.77. The van der Waals surface area contributed by atoms with Gasteiger partial charge in [-0.25, -0.2) is 13.1 Å². The van der Waals surface area contributed by atoms with E-state index in [1.807, 2.05) is 19.1 Å². The van der Waals surface area contributed by atoms with Crippen LogP contribution < -0.4 is 4.72 Å². The average molecular weight is 450 g/mol. The molecule has 0 atom stereocenters. The summed E-state index contributed by atoms with van der Waals surface area (Å²) in [5.74, 6) is 0. The normalized spacial score (nSPS) is 12.4. The van der Waals surface area contributed by atoms with E-state index in [2.05, 4.69) is 19.9 Å². The van der Waals surface area contributed by atoms with Crippen molar-refractivity contribution in [2.45, 2.75) is 24.4 Å². The summed E-state index contributed by atoms with van der Waals surface area (Å²) in [5, 5.41) is 8.86. The monoisotopic (exact) mass is 450 g/mol. The predicted molar refractivity (Wildman–Crippen MR) is 107 cm³/mol. The maximum absolute atomic E-state index is 13.0. The SMILES string of the molecule is CCc1ccc2cnn(C)c2c1NS(=O)(=O)c1cnn(-c2ccnc(C(F)(F)F)c2)c1. The molecule has 0 radical (unpaired) electrons. The van der Waals surface area contributed by atoms with Gasteiger partial charge in [-0.1, -0.05) is 19.1 Å². The Hall–Kier alpha value is -3.41. The van der Waals surface area contributed by atoms with Gasteiger partial charge in [0.05, 0.1) is 35.5 Å². The summed E-state index contributed by atoms with van der Waals surface area (Å²) in [6, 6.07) is 5.78. The third kappa shape index (κ3) is 3.85. The van der Waals surface area contributed by atoms with Gasteiger partial charge in [-0.3, -0.25) is 14.4 Å². The number of anilines is 1. The third-order valence-corrected chi connectivity index (χ3v) is 6.08. The number of rotatable bonds is 5. The van der Waals surface area contributed by atoms with Gasteiger partial charge in [-0.05, 0) is 24.1 Å². The number of alkyl halides is 3. The molecule has 4 aromatic rings. The molecule has 0 unspecified atom stereocenters. The van der Waals surface area contributed by atoms with Gasteiger partial charge < -0.3 is 0 Å². The topological polar surface area (TPSA) is 94.7 Å². The Morgan fingerprint density at radius 1 is 1.13 bits per heavy atom. The Kier molecular flexibility index (Phi) is 4.96. The predicted octanol–water partition coefficient (Wildman–Crippen LogP) is 3.54. The molecule has 1 N–H and O–H groups in total. The standard InChI is InChI=1S/C19H17F3N6O2S/c1-3-12-4-5-13-9-24-27(2)18(13)17(12)26-31(29,30)15-10-25-28(11-15)14-6-7-23-16(8-14)19(20,21)22/h4-11,26H,3H2,1-2H3. The smallest absolute Gasteiger partial charge is 0.277 e. The van der Waals surface area contributed by atoms with Gasteiger partial charge >= 0.3 is 6.18 Å². The van der Waals surface area contributed by atoms with Gasteiger partial charge in [0.1, 0.15) is 10.6 Å². The van der Waals surface area contributed by atoms with Crippen molar-refractivity contribution in [3.63, 3.8) is 0 Å². The zero-order valence-corrected chi connectivity index (χ0v) is 17.2. The van der Waals surface area contributed by atoms with E-state index >= 15 is 0 Å². The van der Waals surface area contributed by atoms with Crippen molar-refractivity contribution in [2.24, 2.45) is 7.05 Å². The summed E-state index contributed by atoms with van der Waals surface area (Å²) >= 11 is 0. The molecule has 3 heterocycles.